The van der Waals surface area contributed by atoms with Crippen LogP contribution in [-0.2, 0) is 4.79 Å². The molecule has 0 saturated heterocycles. The summed E-state index contributed by atoms with van der Waals surface area (Å²) in [5.41, 5.74) is 0.331. The molecule has 1 nitrogen and oxygen atoms in total. The van der Waals surface area contributed by atoms with Gasteiger partial charge in [-0.3, -0.25) is 4.79 Å². The Morgan fingerprint density at radius 3 is 2.08 bits per heavy atom. The minimum atomic E-state index is 0.165. The molecule has 0 N–H and O–H groups in total. The molecule has 1 fully saturated rings. The van der Waals surface area contributed by atoms with Gasteiger partial charge in [0, 0.05) is 18.8 Å². The molecule has 0 aromatic heterocycles. The van der Waals surface area contributed by atoms with Crippen LogP contribution in [0.3, 0.4) is 0 Å². The summed E-state index contributed by atoms with van der Waals surface area (Å²) in [6, 6.07) is 0. The van der Waals surface area contributed by atoms with Gasteiger partial charge in [-0.05, 0) is 10.8 Å². The van der Waals surface area contributed by atoms with Crippen LogP contribution in [0, 0.1) is 29.1 Å². The second kappa shape index (κ2) is 2.87. The molecule has 0 bridgehead atoms. The van der Waals surface area contributed by atoms with Crippen molar-refractivity contribution in [3.63, 3.8) is 0 Å². The molecular formula is C12H18O. The van der Waals surface area contributed by atoms with Crippen LogP contribution in [0.25, 0.3) is 0 Å². The summed E-state index contributed by atoms with van der Waals surface area (Å²) < 4.78 is 0. The van der Waals surface area contributed by atoms with Crippen molar-refractivity contribution in [3.8, 4) is 12.3 Å². The Balaban J connectivity index is 2.59. The molecule has 0 amide bonds. The van der Waals surface area contributed by atoms with Gasteiger partial charge in [0.2, 0.25) is 0 Å². The van der Waals surface area contributed by atoms with Crippen molar-refractivity contribution in [2.45, 2.75) is 40.5 Å². The first-order chi connectivity index (χ1) is 5.85. The lowest BCUT2D eigenvalue weighted by atomic mass is 10.0. The highest BCUT2D eigenvalue weighted by Gasteiger charge is 2.67. The molecule has 1 aliphatic rings. The maximum atomic E-state index is 11.7. The SMILES string of the molecule is C#CCCC(=O)C1C(C)(C)C1(C)C. The van der Waals surface area contributed by atoms with Crippen molar-refractivity contribution in [2.75, 3.05) is 0 Å². The number of ketones is 1. The van der Waals surface area contributed by atoms with E-state index < -0.39 is 0 Å². The summed E-state index contributed by atoms with van der Waals surface area (Å²) in [5, 5.41) is 0. The summed E-state index contributed by atoms with van der Waals surface area (Å²) >= 11 is 0. The molecule has 1 heteroatoms. The number of carbonyl (C=O) groups is 1. The van der Waals surface area contributed by atoms with Crippen molar-refractivity contribution in [1.82, 2.24) is 0 Å². The Labute approximate surface area is 80.9 Å². The summed E-state index contributed by atoms with van der Waals surface area (Å²) in [6.45, 7) is 8.63. The van der Waals surface area contributed by atoms with E-state index >= 15 is 0 Å². The van der Waals surface area contributed by atoms with E-state index in [2.05, 4.69) is 33.6 Å². The third-order valence-corrected chi connectivity index (χ3v) is 3.86. The smallest absolute Gasteiger partial charge is 0.138 e. The van der Waals surface area contributed by atoms with Gasteiger partial charge in [-0.2, -0.15) is 0 Å². The van der Waals surface area contributed by atoms with Gasteiger partial charge in [-0.25, -0.2) is 0 Å². The molecule has 0 aromatic rings. The van der Waals surface area contributed by atoms with Gasteiger partial charge in [0.25, 0.3) is 0 Å². The third-order valence-electron chi connectivity index (χ3n) is 3.86. The van der Waals surface area contributed by atoms with Crippen LogP contribution in [0.1, 0.15) is 40.5 Å². The van der Waals surface area contributed by atoms with Crippen molar-refractivity contribution in [1.29, 1.82) is 0 Å². The van der Waals surface area contributed by atoms with Gasteiger partial charge in [0.05, 0.1) is 0 Å². The highest BCUT2D eigenvalue weighted by atomic mass is 16.1. The summed E-state index contributed by atoms with van der Waals surface area (Å²) in [6.07, 6.45) is 6.26. The van der Waals surface area contributed by atoms with Crippen LogP contribution in [0.15, 0.2) is 0 Å². The molecule has 0 spiro atoms. The van der Waals surface area contributed by atoms with E-state index in [4.69, 9.17) is 6.42 Å². The number of hydrogen-bond donors (Lipinski definition) is 0. The minimum Gasteiger partial charge on any atom is -0.299 e. The Kier molecular flexibility index (Phi) is 2.28. The number of hydrogen-bond acceptors (Lipinski definition) is 1. The molecule has 13 heavy (non-hydrogen) atoms. The third kappa shape index (κ3) is 1.39. The largest absolute Gasteiger partial charge is 0.299 e. The molecule has 0 heterocycles. The number of Topliss-reactive ketones (excluding diaryl/α,β-unsaturated/α-hetero) is 1. The van der Waals surface area contributed by atoms with E-state index in [1.54, 1.807) is 0 Å². The molecular weight excluding hydrogens is 160 g/mol. The first-order valence-corrected chi connectivity index (χ1v) is 4.82. The number of terminal acetylenes is 1. The second-order valence-corrected chi connectivity index (χ2v) is 5.05. The zero-order valence-electron chi connectivity index (χ0n) is 8.98. The van der Waals surface area contributed by atoms with Gasteiger partial charge >= 0.3 is 0 Å². The zero-order chi connectivity index (χ0) is 10.3. The fraction of sp³-hybridized carbons (Fsp3) is 0.750. The highest BCUT2D eigenvalue weighted by molar-refractivity contribution is 5.86. The van der Waals surface area contributed by atoms with E-state index in [1.165, 1.54) is 0 Å². The van der Waals surface area contributed by atoms with Gasteiger partial charge in [-0.1, -0.05) is 27.7 Å². The average molecular weight is 178 g/mol. The van der Waals surface area contributed by atoms with E-state index in [0.29, 0.717) is 18.6 Å². The van der Waals surface area contributed by atoms with Crippen molar-refractivity contribution in [2.24, 2.45) is 16.7 Å². The molecule has 0 aliphatic heterocycles. The van der Waals surface area contributed by atoms with E-state index in [1.807, 2.05) is 0 Å². The second-order valence-electron chi connectivity index (χ2n) is 5.05. The monoisotopic (exact) mass is 178 g/mol. The average Bonchev–Trinajstić information content (AvgIpc) is 2.39. The highest BCUT2D eigenvalue weighted by Crippen LogP contribution is 2.68. The summed E-state index contributed by atoms with van der Waals surface area (Å²) in [5.74, 6) is 3.07. The Morgan fingerprint density at radius 2 is 1.77 bits per heavy atom. The Hall–Kier alpha value is -0.770. The molecule has 0 unspecified atom stereocenters. The lowest BCUT2D eigenvalue weighted by Crippen LogP contribution is -2.05. The predicted octanol–water partition coefficient (Wildman–Crippen LogP) is 2.65. The molecule has 0 aromatic carbocycles. The minimum absolute atomic E-state index is 0.165. The topological polar surface area (TPSA) is 17.1 Å². The summed E-state index contributed by atoms with van der Waals surface area (Å²) in [7, 11) is 0. The van der Waals surface area contributed by atoms with Crippen LogP contribution in [0.5, 0.6) is 0 Å². The van der Waals surface area contributed by atoms with E-state index in [-0.39, 0.29) is 16.7 Å². The normalized spacial score (nSPS) is 23.6. The maximum absolute atomic E-state index is 11.7. The molecule has 72 valence electrons. The van der Waals surface area contributed by atoms with E-state index in [0.717, 1.165) is 0 Å². The zero-order valence-corrected chi connectivity index (χ0v) is 8.98. The van der Waals surface area contributed by atoms with Crippen LogP contribution in [-0.4, -0.2) is 5.78 Å². The lowest BCUT2D eigenvalue weighted by molar-refractivity contribution is -0.121. The summed E-state index contributed by atoms with van der Waals surface area (Å²) in [4.78, 5) is 11.7. The van der Waals surface area contributed by atoms with Crippen LogP contribution in [0.4, 0.5) is 0 Å². The van der Waals surface area contributed by atoms with Crippen LogP contribution in [0.2, 0.25) is 0 Å². The molecule has 1 aliphatic carbocycles. The van der Waals surface area contributed by atoms with Crippen LogP contribution >= 0.6 is 0 Å². The van der Waals surface area contributed by atoms with Crippen molar-refractivity contribution < 1.29 is 4.79 Å². The Morgan fingerprint density at radius 1 is 1.31 bits per heavy atom. The first kappa shape index (κ1) is 10.3. The Bertz CT molecular complexity index is 251. The maximum Gasteiger partial charge on any atom is 0.138 e. The number of rotatable bonds is 3. The van der Waals surface area contributed by atoms with Crippen molar-refractivity contribution in [3.05, 3.63) is 0 Å². The standard InChI is InChI=1S/C12H18O/c1-6-7-8-9(13)10-11(2,3)12(10,4)5/h1,10H,7-8H2,2-5H3. The fourth-order valence-electron chi connectivity index (χ4n) is 2.34. The van der Waals surface area contributed by atoms with Gasteiger partial charge < -0.3 is 0 Å². The quantitative estimate of drug-likeness (QED) is 0.607. The van der Waals surface area contributed by atoms with Gasteiger partial charge in [0.15, 0.2) is 0 Å². The van der Waals surface area contributed by atoms with Gasteiger partial charge in [-0.15, -0.1) is 12.3 Å². The molecule has 0 radical (unpaired) electrons. The number of carbonyl (C=O) groups excluding carboxylic acids is 1. The fourth-order valence-corrected chi connectivity index (χ4v) is 2.34. The molecule has 1 saturated carbocycles. The molecule has 1 rings (SSSR count). The molecule has 0 atom stereocenters. The van der Waals surface area contributed by atoms with E-state index in [9.17, 15) is 4.79 Å². The van der Waals surface area contributed by atoms with Gasteiger partial charge in [0.1, 0.15) is 5.78 Å². The predicted molar refractivity (Wildman–Crippen MR) is 54.1 cm³/mol. The van der Waals surface area contributed by atoms with Crippen LogP contribution < -0.4 is 0 Å². The first-order valence-electron chi connectivity index (χ1n) is 4.82. The van der Waals surface area contributed by atoms with Crippen molar-refractivity contribution >= 4 is 5.78 Å². The lowest BCUT2D eigenvalue weighted by Gasteiger charge is -2.03.